The second-order valence-corrected chi connectivity index (χ2v) is 8.17. The topological polar surface area (TPSA) is 12.0 Å². The first-order valence-corrected chi connectivity index (χ1v) is 8.58. The van der Waals surface area contributed by atoms with E-state index in [1.165, 1.54) is 45.1 Å². The molecule has 0 bridgehead atoms. The van der Waals surface area contributed by atoms with E-state index in [0.717, 1.165) is 23.8 Å². The minimum atomic E-state index is 0.492. The third-order valence-corrected chi connectivity index (χ3v) is 4.98. The van der Waals surface area contributed by atoms with Crippen molar-refractivity contribution in [3.05, 3.63) is 0 Å². The lowest BCUT2D eigenvalue weighted by Crippen LogP contribution is -2.43. The summed E-state index contributed by atoms with van der Waals surface area (Å²) in [5.41, 5.74) is 0.492. The predicted octanol–water partition coefficient (Wildman–Crippen LogP) is 5.25. The highest BCUT2D eigenvalue weighted by Crippen LogP contribution is 2.42. The minimum Gasteiger partial charge on any atom is -0.314 e. The van der Waals surface area contributed by atoms with Gasteiger partial charge in [0.2, 0.25) is 0 Å². The monoisotopic (exact) mass is 267 g/mol. The van der Waals surface area contributed by atoms with E-state index in [-0.39, 0.29) is 0 Å². The molecule has 1 heteroatoms. The highest BCUT2D eigenvalue weighted by Gasteiger charge is 2.35. The summed E-state index contributed by atoms with van der Waals surface area (Å²) in [7, 11) is 0. The molecule has 0 aromatic carbocycles. The van der Waals surface area contributed by atoms with Crippen LogP contribution in [0.4, 0.5) is 0 Å². The molecule has 0 aromatic heterocycles. The molecular formula is C18H37N. The molecule has 1 aliphatic carbocycles. The van der Waals surface area contributed by atoms with Crippen LogP contribution >= 0.6 is 0 Å². The van der Waals surface area contributed by atoms with E-state index in [0.29, 0.717) is 5.41 Å². The van der Waals surface area contributed by atoms with Crippen molar-refractivity contribution < 1.29 is 0 Å². The lowest BCUT2D eigenvalue weighted by Gasteiger charge is -2.42. The van der Waals surface area contributed by atoms with Crippen molar-refractivity contribution in [2.75, 3.05) is 6.54 Å². The van der Waals surface area contributed by atoms with Gasteiger partial charge in [0.15, 0.2) is 0 Å². The predicted molar refractivity (Wildman–Crippen MR) is 86.4 cm³/mol. The lowest BCUT2D eigenvalue weighted by atomic mass is 9.66. The van der Waals surface area contributed by atoms with Crippen molar-refractivity contribution in [1.82, 2.24) is 5.32 Å². The van der Waals surface area contributed by atoms with Crippen LogP contribution in [-0.2, 0) is 0 Å². The zero-order chi connectivity index (χ0) is 14.5. The largest absolute Gasteiger partial charge is 0.314 e. The van der Waals surface area contributed by atoms with E-state index in [1.54, 1.807) is 0 Å². The van der Waals surface area contributed by atoms with E-state index in [9.17, 15) is 0 Å². The summed E-state index contributed by atoms with van der Waals surface area (Å²) in [6, 6.07) is 0.789. The highest BCUT2D eigenvalue weighted by atomic mass is 14.9. The van der Waals surface area contributed by atoms with Crippen molar-refractivity contribution >= 4 is 0 Å². The van der Waals surface area contributed by atoms with Gasteiger partial charge in [0, 0.05) is 6.04 Å². The van der Waals surface area contributed by atoms with Gasteiger partial charge in [-0.15, -0.1) is 0 Å². The van der Waals surface area contributed by atoms with Gasteiger partial charge in [0.05, 0.1) is 0 Å². The Kier molecular flexibility index (Phi) is 6.86. The Morgan fingerprint density at radius 1 is 1.16 bits per heavy atom. The second-order valence-electron chi connectivity index (χ2n) is 8.17. The summed E-state index contributed by atoms with van der Waals surface area (Å²) in [4.78, 5) is 0. The van der Waals surface area contributed by atoms with Crippen LogP contribution in [0.3, 0.4) is 0 Å². The number of hydrogen-bond acceptors (Lipinski definition) is 1. The molecule has 1 saturated carbocycles. The number of rotatable bonds is 6. The molecule has 1 aliphatic rings. The number of hydrogen-bond donors (Lipinski definition) is 1. The maximum Gasteiger partial charge on any atom is 0.00955 e. The van der Waals surface area contributed by atoms with E-state index in [1.807, 2.05) is 0 Å². The van der Waals surface area contributed by atoms with Crippen LogP contribution in [0, 0.1) is 23.2 Å². The SMILES string of the molecule is CCCNC1CCC(C(C)(C)C)CC1CCC(C)C. The van der Waals surface area contributed by atoms with Crippen LogP contribution in [-0.4, -0.2) is 12.6 Å². The highest BCUT2D eigenvalue weighted by molar-refractivity contribution is 4.89. The molecule has 0 aromatic rings. The first-order chi connectivity index (χ1) is 8.84. The maximum atomic E-state index is 3.82. The van der Waals surface area contributed by atoms with Crippen LogP contribution in [0.2, 0.25) is 0 Å². The Hall–Kier alpha value is -0.0400. The fraction of sp³-hybridized carbons (Fsp3) is 1.00. The summed E-state index contributed by atoms with van der Waals surface area (Å²) in [5.74, 6) is 2.68. The lowest BCUT2D eigenvalue weighted by molar-refractivity contribution is 0.106. The van der Waals surface area contributed by atoms with Gasteiger partial charge >= 0.3 is 0 Å². The third-order valence-electron chi connectivity index (χ3n) is 4.98. The second kappa shape index (κ2) is 7.67. The molecule has 0 amide bonds. The summed E-state index contributed by atoms with van der Waals surface area (Å²) in [6.45, 7) is 15.5. The van der Waals surface area contributed by atoms with Crippen LogP contribution in [0.5, 0.6) is 0 Å². The molecule has 19 heavy (non-hydrogen) atoms. The van der Waals surface area contributed by atoms with Gasteiger partial charge in [0.1, 0.15) is 0 Å². The molecule has 0 saturated heterocycles. The standard InChI is InChI=1S/C18H37N/c1-7-12-19-17-11-10-16(18(4,5)6)13-15(17)9-8-14(2)3/h14-17,19H,7-13H2,1-6H3. The Morgan fingerprint density at radius 2 is 1.84 bits per heavy atom. The van der Waals surface area contributed by atoms with Crippen molar-refractivity contribution in [3.8, 4) is 0 Å². The summed E-state index contributed by atoms with van der Waals surface area (Å²) in [5, 5.41) is 3.82. The van der Waals surface area contributed by atoms with Gasteiger partial charge < -0.3 is 5.32 Å². The Labute approximate surface area is 121 Å². The first kappa shape index (κ1) is 17.0. The molecule has 0 radical (unpaired) electrons. The minimum absolute atomic E-state index is 0.492. The molecule has 114 valence electrons. The van der Waals surface area contributed by atoms with Crippen molar-refractivity contribution in [3.63, 3.8) is 0 Å². The van der Waals surface area contributed by atoms with Crippen LogP contribution in [0.15, 0.2) is 0 Å². The van der Waals surface area contributed by atoms with E-state index >= 15 is 0 Å². The van der Waals surface area contributed by atoms with E-state index in [2.05, 4.69) is 46.9 Å². The van der Waals surface area contributed by atoms with Gasteiger partial charge in [0.25, 0.3) is 0 Å². The van der Waals surface area contributed by atoms with E-state index < -0.39 is 0 Å². The van der Waals surface area contributed by atoms with Gasteiger partial charge in [-0.05, 0) is 61.8 Å². The third kappa shape index (κ3) is 5.85. The molecule has 0 heterocycles. The van der Waals surface area contributed by atoms with Crippen LogP contribution in [0.25, 0.3) is 0 Å². The summed E-state index contributed by atoms with van der Waals surface area (Å²) < 4.78 is 0. The fourth-order valence-electron chi connectivity index (χ4n) is 3.52. The normalized spacial score (nSPS) is 28.9. The zero-order valence-corrected chi connectivity index (χ0v) is 14.3. The van der Waals surface area contributed by atoms with Gasteiger partial charge in [-0.2, -0.15) is 0 Å². The van der Waals surface area contributed by atoms with E-state index in [4.69, 9.17) is 0 Å². The number of nitrogens with one attached hydrogen (secondary N) is 1. The maximum absolute atomic E-state index is 3.82. The molecule has 1 nitrogen and oxygen atoms in total. The van der Waals surface area contributed by atoms with Crippen molar-refractivity contribution in [2.24, 2.45) is 23.2 Å². The molecule has 1 fully saturated rings. The van der Waals surface area contributed by atoms with Crippen LogP contribution in [0.1, 0.15) is 80.1 Å². The Morgan fingerprint density at radius 3 is 2.37 bits per heavy atom. The molecule has 3 atom stereocenters. The Balaban J connectivity index is 2.57. The quantitative estimate of drug-likeness (QED) is 0.693. The molecular weight excluding hydrogens is 230 g/mol. The smallest absolute Gasteiger partial charge is 0.00955 e. The summed E-state index contributed by atoms with van der Waals surface area (Å²) in [6.07, 6.45) is 8.33. The van der Waals surface area contributed by atoms with Gasteiger partial charge in [-0.1, -0.05) is 48.0 Å². The van der Waals surface area contributed by atoms with Gasteiger partial charge in [-0.3, -0.25) is 0 Å². The average Bonchev–Trinajstić information content (AvgIpc) is 2.33. The molecule has 1 rings (SSSR count). The molecule has 3 unspecified atom stereocenters. The average molecular weight is 268 g/mol. The first-order valence-electron chi connectivity index (χ1n) is 8.58. The van der Waals surface area contributed by atoms with Crippen molar-refractivity contribution in [2.45, 2.75) is 86.1 Å². The van der Waals surface area contributed by atoms with Crippen molar-refractivity contribution in [1.29, 1.82) is 0 Å². The molecule has 1 N–H and O–H groups in total. The molecule has 0 aliphatic heterocycles. The van der Waals surface area contributed by atoms with Crippen LogP contribution < -0.4 is 5.32 Å². The molecule has 0 spiro atoms. The van der Waals surface area contributed by atoms with Gasteiger partial charge in [-0.25, -0.2) is 0 Å². The zero-order valence-electron chi connectivity index (χ0n) is 14.3. The summed E-state index contributed by atoms with van der Waals surface area (Å²) >= 11 is 0. The fourth-order valence-corrected chi connectivity index (χ4v) is 3.52. The Bertz CT molecular complexity index is 239.